The molecule has 2 atom stereocenters. The molecule has 0 aliphatic carbocycles. The molecule has 8 heteroatoms. The molecule has 0 unspecified atom stereocenters. The van der Waals surface area contributed by atoms with Gasteiger partial charge in [-0.2, -0.15) is 0 Å². The lowest BCUT2D eigenvalue weighted by molar-refractivity contribution is 0.394. The largest absolute Gasteiger partial charge is 0.497 e. The van der Waals surface area contributed by atoms with Gasteiger partial charge in [0.25, 0.3) is 0 Å². The summed E-state index contributed by atoms with van der Waals surface area (Å²) in [7, 11) is 4.95. The second kappa shape index (κ2) is 9.68. The minimum Gasteiger partial charge on any atom is -0.497 e. The van der Waals surface area contributed by atoms with Crippen LogP contribution in [-0.2, 0) is 0 Å². The number of nitrogens with one attached hydrogen (secondary N) is 1. The highest BCUT2D eigenvalue weighted by Crippen LogP contribution is 2.45. The number of aromatic nitrogens is 2. The summed E-state index contributed by atoms with van der Waals surface area (Å²) in [5, 5.41) is 4.10. The highest BCUT2D eigenvalue weighted by molar-refractivity contribution is 7.80. The molecule has 1 N–H and O–H groups in total. The Morgan fingerprint density at radius 3 is 2.43 bits per heavy atom. The Kier molecular flexibility index (Phi) is 6.29. The Labute approximate surface area is 209 Å². The van der Waals surface area contributed by atoms with Gasteiger partial charge in [0, 0.05) is 35.9 Å². The van der Waals surface area contributed by atoms with Crippen LogP contribution in [0.25, 0.3) is 5.69 Å². The van der Waals surface area contributed by atoms with E-state index in [0.717, 1.165) is 28.5 Å². The summed E-state index contributed by atoms with van der Waals surface area (Å²) in [5.74, 6) is 2.16. The topological polar surface area (TPSA) is 60.8 Å². The number of ether oxygens (including phenoxy) is 3. The summed E-state index contributed by atoms with van der Waals surface area (Å²) in [5.41, 5.74) is 3.77. The number of benzene rings is 2. The first kappa shape index (κ1) is 22.7. The summed E-state index contributed by atoms with van der Waals surface area (Å²) in [6.45, 7) is 0. The van der Waals surface area contributed by atoms with Crippen LogP contribution in [0.1, 0.15) is 23.5 Å². The number of nitrogens with zero attached hydrogens (tertiary/aromatic N) is 3. The number of hydrogen-bond donors (Lipinski definition) is 1. The zero-order valence-electron chi connectivity index (χ0n) is 19.7. The van der Waals surface area contributed by atoms with E-state index >= 15 is 0 Å². The fourth-order valence-electron chi connectivity index (χ4n) is 4.53. The van der Waals surface area contributed by atoms with Crippen LogP contribution >= 0.6 is 12.2 Å². The van der Waals surface area contributed by atoms with Crippen molar-refractivity contribution in [2.75, 3.05) is 26.2 Å². The van der Waals surface area contributed by atoms with Crippen molar-refractivity contribution < 1.29 is 14.2 Å². The van der Waals surface area contributed by atoms with Gasteiger partial charge < -0.3 is 29.0 Å². The van der Waals surface area contributed by atoms with Crippen molar-refractivity contribution in [3.05, 3.63) is 96.6 Å². The summed E-state index contributed by atoms with van der Waals surface area (Å²) >= 11 is 5.89. The third kappa shape index (κ3) is 4.17. The third-order valence-corrected chi connectivity index (χ3v) is 6.47. The van der Waals surface area contributed by atoms with E-state index in [2.05, 4.69) is 31.9 Å². The summed E-state index contributed by atoms with van der Waals surface area (Å²) in [6, 6.07) is 23.4. The lowest BCUT2D eigenvalue weighted by Gasteiger charge is -2.30. The maximum absolute atomic E-state index is 5.89. The number of anilines is 1. The average Bonchev–Trinajstić information content (AvgIpc) is 3.53. The summed E-state index contributed by atoms with van der Waals surface area (Å²) < 4.78 is 18.8. The molecule has 0 radical (unpaired) electrons. The lowest BCUT2D eigenvalue weighted by Crippen LogP contribution is -2.30. The van der Waals surface area contributed by atoms with E-state index in [9.17, 15) is 0 Å². The average molecular weight is 487 g/mol. The molecule has 1 saturated heterocycles. The fourth-order valence-corrected chi connectivity index (χ4v) is 4.87. The minimum absolute atomic E-state index is 0.185. The SMILES string of the molecule is COc1cccc(-n2cccc2[C@@H]2[C@@H](c3ccccn3)NC(=S)N2c2ccc(OC)cc2OC)c1. The van der Waals surface area contributed by atoms with E-state index < -0.39 is 0 Å². The van der Waals surface area contributed by atoms with E-state index in [0.29, 0.717) is 16.6 Å². The molecule has 1 fully saturated rings. The van der Waals surface area contributed by atoms with Gasteiger partial charge in [-0.05, 0) is 60.7 Å². The second-order valence-electron chi connectivity index (χ2n) is 8.04. The van der Waals surface area contributed by atoms with E-state index in [1.54, 1.807) is 27.5 Å². The predicted molar refractivity (Wildman–Crippen MR) is 140 cm³/mol. The Hall–Kier alpha value is -4.04. The zero-order chi connectivity index (χ0) is 24.4. The van der Waals surface area contributed by atoms with Gasteiger partial charge in [0.15, 0.2) is 5.11 Å². The Morgan fingerprint density at radius 2 is 1.69 bits per heavy atom. The first-order valence-corrected chi connectivity index (χ1v) is 11.6. The first-order valence-electron chi connectivity index (χ1n) is 11.2. The molecule has 0 bridgehead atoms. The van der Waals surface area contributed by atoms with Crippen LogP contribution in [0.4, 0.5) is 5.69 Å². The maximum atomic E-state index is 5.89. The van der Waals surface area contributed by atoms with Crippen LogP contribution in [0.3, 0.4) is 0 Å². The van der Waals surface area contributed by atoms with Gasteiger partial charge in [-0.1, -0.05) is 12.1 Å². The van der Waals surface area contributed by atoms with Gasteiger partial charge in [-0.25, -0.2) is 0 Å². The Bertz CT molecular complexity index is 1340. The van der Waals surface area contributed by atoms with Crippen molar-refractivity contribution in [2.45, 2.75) is 12.1 Å². The maximum Gasteiger partial charge on any atom is 0.174 e. The summed E-state index contributed by atoms with van der Waals surface area (Å²) in [6.07, 6.45) is 3.85. The molecule has 7 nitrogen and oxygen atoms in total. The van der Waals surface area contributed by atoms with E-state index in [4.69, 9.17) is 26.4 Å². The van der Waals surface area contributed by atoms with Crippen LogP contribution in [0, 0.1) is 0 Å². The highest BCUT2D eigenvalue weighted by Gasteiger charge is 2.43. The lowest BCUT2D eigenvalue weighted by atomic mass is 10.0. The van der Waals surface area contributed by atoms with Crippen molar-refractivity contribution in [1.29, 1.82) is 0 Å². The number of rotatable bonds is 7. The van der Waals surface area contributed by atoms with Crippen LogP contribution in [0.15, 0.2) is 85.2 Å². The van der Waals surface area contributed by atoms with Crippen molar-refractivity contribution >= 4 is 23.0 Å². The van der Waals surface area contributed by atoms with Crippen LogP contribution < -0.4 is 24.4 Å². The van der Waals surface area contributed by atoms with Gasteiger partial charge >= 0.3 is 0 Å². The van der Waals surface area contributed by atoms with Crippen LogP contribution in [0.5, 0.6) is 17.2 Å². The molecule has 35 heavy (non-hydrogen) atoms. The van der Waals surface area contributed by atoms with Crippen molar-refractivity contribution in [2.24, 2.45) is 0 Å². The predicted octanol–water partition coefficient (Wildman–Crippen LogP) is 5.08. The molecule has 1 aliphatic rings. The molecule has 2 aromatic carbocycles. The van der Waals surface area contributed by atoms with Crippen LogP contribution in [-0.4, -0.2) is 36.0 Å². The van der Waals surface area contributed by atoms with Crippen molar-refractivity contribution in [1.82, 2.24) is 14.9 Å². The zero-order valence-corrected chi connectivity index (χ0v) is 20.5. The molecule has 2 aromatic heterocycles. The molecule has 0 amide bonds. The fraction of sp³-hybridized carbons (Fsp3) is 0.185. The van der Waals surface area contributed by atoms with Gasteiger partial charge in [0.05, 0.1) is 38.8 Å². The molecule has 3 heterocycles. The number of pyridine rings is 1. The van der Waals surface area contributed by atoms with E-state index in [-0.39, 0.29) is 12.1 Å². The monoisotopic (exact) mass is 486 g/mol. The Morgan fingerprint density at radius 1 is 0.857 bits per heavy atom. The molecule has 178 valence electrons. The van der Waals surface area contributed by atoms with E-state index in [1.165, 1.54) is 0 Å². The van der Waals surface area contributed by atoms with Gasteiger partial charge in [-0.3, -0.25) is 4.98 Å². The second-order valence-corrected chi connectivity index (χ2v) is 8.43. The highest BCUT2D eigenvalue weighted by atomic mass is 32.1. The standard InChI is InChI=1S/C27H26N4O3S/c1-32-19-9-6-8-18(16-19)30-15-7-11-23(30)26-25(21-10-4-5-14-28-21)29-27(35)31(26)22-13-12-20(33-2)17-24(22)34-3/h4-17,25-26H,1-3H3,(H,29,35)/t25-,26-/m1/s1. The van der Waals surface area contributed by atoms with Crippen LogP contribution in [0.2, 0.25) is 0 Å². The number of methoxy groups -OCH3 is 3. The van der Waals surface area contributed by atoms with E-state index in [1.807, 2.05) is 66.9 Å². The van der Waals surface area contributed by atoms with Gasteiger partial charge in [0.1, 0.15) is 23.3 Å². The Balaban J connectivity index is 1.68. The number of hydrogen-bond acceptors (Lipinski definition) is 5. The van der Waals surface area contributed by atoms with Gasteiger partial charge in [-0.15, -0.1) is 0 Å². The smallest absolute Gasteiger partial charge is 0.174 e. The normalized spacial score (nSPS) is 17.2. The molecular formula is C27H26N4O3S. The number of thiocarbonyl (C=S) groups is 1. The molecule has 4 aromatic rings. The summed E-state index contributed by atoms with van der Waals surface area (Å²) in [4.78, 5) is 6.75. The minimum atomic E-state index is -0.208. The third-order valence-electron chi connectivity index (χ3n) is 6.16. The van der Waals surface area contributed by atoms with Crippen molar-refractivity contribution in [3.8, 4) is 22.9 Å². The molecular weight excluding hydrogens is 460 g/mol. The molecule has 0 saturated carbocycles. The quantitative estimate of drug-likeness (QED) is 0.366. The molecule has 0 spiro atoms. The van der Waals surface area contributed by atoms with Gasteiger partial charge in [0.2, 0.25) is 0 Å². The first-order chi connectivity index (χ1) is 17.1. The molecule has 5 rings (SSSR count). The molecule has 1 aliphatic heterocycles. The van der Waals surface area contributed by atoms with Crippen molar-refractivity contribution in [3.63, 3.8) is 0 Å².